The predicted octanol–water partition coefficient (Wildman–Crippen LogP) is 0.892. The van der Waals surface area contributed by atoms with E-state index in [1.54, 1.807) is 0 Å². The van der Waals surface area contributed by atoms with Crippen LogP contribution in [0.5, 0.6) is 0 Å². The lowest BCUT2D eigenvalue weighted by molar-refractivity contribution is -0.00000498. The Morgan fingerprint density at radius 2 is 0.704 bits per heavy atom. The Kier molecular flexibility index (Phi) is 5.96. The van der Waals surface area contributed by atoms with E-state index in [1.807, 2.05) is 12.1 Å². The van der Waals surface area contributed by atoms with Crippen molar-refractivity contribution < 1.29 is 12.4 Å². The number of nitrogen functional groups attached to an aromatic ring is 1. The smallest absolute Gasteiger partial charge is 0.144 e. The molecule has 4 aromatic rings. The van der Waals surface area contributed by atoms with Gasteiger partial charge in [0.05, 0.1) is 0 Å². The summed E-state index contributed by atoms with van der Waals surface area (Å²) >= 11 is 0. The van der Waals surface area contributed by atoms with Gasteiger partial charge in [-0.05, 0) is 60.7 Å². The second kappa shape index (κ2) is 8.39. The minimum absolute atomic E-state index is 0. The number of anilines is 1. The molecule has 27 heavy (non-hydrogen) atoms. The van der Waals surface area contributed by atoms with Crippen molar-refractivity contribution in [3.05, 3.63) is 115 Å². The molecule has 0 amide bonds. The van der Waals surface area contributed by atoms with Crippen LogP contribution in [0, 0.1) is 0 Å². The maximum atomic E-state index is 6.00. The van der Waals surface area contributed by atoms with Gasteiger partial charge in [-0.2, -0.15) is 0 Å². The molecule has 1 nitrogen and oxygen atoms in total. The highest BCUT2D eigenvalue weighted by atomic mass is 35.5. The van der Waals surface area contributed by atoms with Crippen molar-refractivity contribution in [3.63, 3.8) is 0 Å². The van der Waals surface area contributed by atoms with Gasteiger partial charge in [0.25, 0.3) is 0 Å². The highest BCUT2D eigenvalue weighted by molar-refractivity contribution is 8.01. The number of hydrogen-bond acceptors (Lipinski definition) is 1. The summed E-state index contributed by atoms with van der Waals surface area (Å²) < 4.78 is 0. The van der Waals surface area contributed by atoms with Crippen LogP contribution >= 0.6 is 7.26 Å². The van der Waals surface area contributed by atoms with Crippen LogP contribution in [0.1, 0.15) is 0 Å². The summed E-state index contributed by atoms with van der Waals surface area (Å²) in [5, 5.41) is 5.36. The molecule has 0 aliphatic heterocycles. The highest BCUT2D eigenvalue weighted by Crippen LogP contribution is 2.54. The molecule has 0 aromatic heterocycles. The van der Waals surface area contributed by atoms with E-state index in [9.17, 15) is 0 Å². The SMILES string of the molecule is Nc1ccc([P+](c2ccccc2)(c2ccccc2)c2ccccc2)cc1.[Cl-]. The van der Waals surface area contributed by atoms with Crippen LogP contribution in [-0.2, 0) is 0 Å². The molecule has 0 aliphatic carbocycles. The summed E-state index contributed by atoms with van der Waals surface area (Å²) in [6.07, 6.45) is 0. The van der Waals surface area contributed by atoms with E-state index in [-0.39, 0.29) is 12.4 Å². The molecule has 0 radical (unpaired) electrons. The number of halogens is 1. The minimum atomic E-state index is -1.98. The quantitative estimate of drug-likeness (QED) is 0.407. The molecule has 0 aliphatic rings. The molecule has 4 rings (SSSR count). The predicted molar refractivity (Wildman–Crippen MR) is 116 cm³/mol. The van der Waals surface area contributed by atoms with Crippen molar-refractivity contribution >= 4 is 34.2 Å². The van der Waals surface area contributed by atoms with Crippen molar-refractivity contribution in [1.29, 1.82) is 0 Å². The first-order valence-corrected chi connectivity index (χ1v) is 10.5. The lowest BCUT2D eigenvalue weighted by Gasteiger charge is -2.27. The van der Waals surface area contributed by atoms with E-state index < -0.39 is 7.26 Å². The van der Waals surface area contributed by atoms with E-state index in [2.05, 4.69) is 103 Å². The van der Waals surface area contributed by atoms with Crippen molar-refractivity contribution in [1.82, 2.24) is 0 Å². The van der Waals surface area contributed by atoms with Crippen LogP contribution in [0.25, 0.3) is 0 Å². The van der Waals surface area contributed by atoms with Crippen molar-refractivity contribution in [2.45, 2.75) is 0 Å². The molecule has 4 aromatic carbocycles. The fraction of sp³-hybridized carbons (Fsp3) is 0. The van der Waals surface area contributed by atoms with Crippen LogP contribution in [-0.4, -0.2) is 0 Å². The summed E-state index contributed by atoms with van der Waals surface area (Å²) in [7, 11) is -1.98. The van der Waals surface area contributed by atoms with Gasteiger partial charge >= 0.3 is 0 Å². The molecule has 0 saturated heterocycles. The molecule has 0 unspecified atom stereocenters. The Bertz CT molecular complexity index is 874. The van der Waals surface area contributed by atoms with Crippen LogP contribution in [0.15, 0.2) is 115 Å². The first-order chi connectivity index (χ1) is 12.8. The molecule has 0 fully saturated rings. The minimum Gasteiger partial charge on any atom is -1.00 e. The van der Waals surface area contributed by atoms with Crippen LogP contribution < -0.4 is 39.4 Å². The maximum absolute atomic E-state index is 6.00. The van der Waals surface area contributed by atoms with Gasteiger partial charge in [0.2, 0.25) is 0 Å². The third kappa shape index (κ3) is 3.49. The van der Waals surface area contributed by atoms with Crippen LogP contribution in [0.3, 0.4) is 0 Å². The fourth-order valence-electron chi connectivity index (χ4n) is 3.55. The van der Waals surface area contributed by atoms with Gasteiger partial charge in [-0.15, -0.1) is 0 Å². The van der Waals surface area contributed by atoms with Crippen LogP contribution in [0.4, 0.5) is 5.69 Å². The Morgan fingerprint density at radius 3 is 1.04 bits per heavy atom. The first kappa shape index (κ1) is 19.2. The molecule has 134 valence electrons. The standard InChI is InChI=1S/C24H21NP.ClH/c25-20-16-18-24(19-17-20)26(21-10-4-1-5-11-21,22-12-6-2-7-13-22)23-14-8-3-9-15-23;/h1-19H,25H2;1H/q+1;/p-1. The van der Waals surface area contributed by atoms with Crippen molar-refractivity contribution in [2.75, 3.05) is 5.73 Å². The normalized spacial score (nSPS) is 10.8. The summed E-state index contributed by atoms with van der Waals surface area (Å²) in [4.78, 5) is 0. The van der Waals surface area contributed by atoms with Gasteiger partial charge < -0.3 is 18.1 Å². The van der Waals surface area contributed by atoms with E-state index in [1.165, 1.54) is 21.2 Å². The molecule has 3 heteroatoms. The average Bonchev–Trinajstić information content (AvgIpc) is 2.72. The van der Waals surface area contributed by atoms with E-state index >= 15 is 0 Å². The van der Waals surface area contributed by atoms with Gasteiger partial charge in [0, 0.05) is 5.69 Å². The highest BCUT2D eigenvalue weighted by Gasteiger charge is 2.47. The number of nitrogens with two attached hydrogens (primary N) is 1. The van der Waals surface area contributed by atoms with Gasteiger partial charge in [0.15, 0.2) is 0 Å². The Hall–Kier alpha value is -2.60. The maximum Gasteiger partial charge on any atom is 0.144 e. The largest absolute Gasteiger partial charge is 1.00 e. The van der Waals surface area contributed by atoms with Gasteiger partial charge in [-0.1, -0.05) is 54.6 Å². The van der Waals surface area contributed by atoms with Crippen molar-refractivity contribution in [3.8, 4) is 0 Å². The topological polar surface area (TPSA) is 26.0 Å². The summed E-state index contributed by atoms with van der Waals surface area (Å²) in [5.74, 6) is 0. The van der Waals surface area contributed by atoms with E-state index in [0.717, 1.165) is 5.69 Å². The number of benzene rings is 4. The Labute approximate surface area is 167 Å². The number of hydrogen-bond donors (Lipinski definition) is 1. The molecular formula is C24H21ClNP. The van der Waals surface area contributed by atoms with E-state index in [0.29, 0.717) is 0 Å². The first-order valence-electron chi connectivity index (χ1n) is 8.74. The Morgan fingerprint density at radius 1 is 0.407 bits per heavy atom. The third-order valence-corrected chi connectivity index (χ3v) is 9.00. The molecule has 0 spiro atoms. The lowest BCUT2D eigenvalue weighted by atomic mass is 10.3. The summed E-state index contributed by atoms with van der Waals surface area (Å²) in [6, 6.07) is 41.0. The zero-order valence-electron chi connectivity index (χ0n) is 14.9. The monoisotopic (exact) mass is 389 g/mol. The molecule has 0 atom stereocenters. The molecule has 0 saturated carbocycles. The van der Waals surface area contributed by atoms with Gasteiger partial charge in [-0.25, -0.2) is 0 Å². The van der Waals surface area contributed by atoms with E-state index in [4.69, 9.17) is 5.73 Å². The zero-order chi connectivity index (χ0) is 17.8. The fourth-order valence-corrected chi connectivity index (χ4v) is 7.79. The molecule has 2 N–H and O–H groups in total. The van der Waals surface area contributed by atoms with Gasteiger partial charge in [-0.3, -0.25) is 0 Å². The zero-order valence-corrected chi connectivity index (χ0v) is 16.5. The molecular weight excluding hydrogens is 369 g/mol. The van der Waals surface area contributed by atoms with Gasteiger partial charge in [0.1, 0.15) is 28.5 Å². The van der Waals surface area contributed by atoms with Crippen molar-refractivity contribution in [2.24, 2.45) is 0 Å². The molecule has 0 bridgehead atoms. The average molecular weight is 390 g/mol. The molecule has 0 heterocycles. The lowest BCUT2D eigenvalue weighted by Crippen LogP contribution is -3.00. The second-order valence-corrected chi connectivity index (χ2v) is 9.68. The number of rotatable bonds is 4. The summed E-state index contributed by atoms with van der Waals surface area (Å²) in [6.45, 7) is 0. The second-order valence-electron chi connectivity index (χ2n) is 6.27. The Balaban J connectivity index is 0.00000210. The van der Waals surface area contributed by atoms with Crippen LogP contribution in [0.2, 0.25) is 0 Å². The summed E-state index contributed by atoms with van der Waals surface area (Å²) in [5.41, 5.74) is 6.79. The third-order valence-electron chi connectivity index (χ3n) is 4.71.